The Morgan fingerprint density at radius 3 is 2.36 bits per heavy atom. The Morgan fingerprint density at radius 2 is 2.00 bits per heavy atom. The number of carbonyl (C=O) groups excluding carboxylic acids is 3. The van der Waals surface area contributed by atoms with Crippen LogP contribution in [0.15, 0.2) is 0 Å². The minimum Gasteiger partial charge on any atom is -0.464 e. The molecule has 0 radical (unpaired) electrons. The topological polar surface area (TPSA) is 72.5 Å². The zero-order valence-corrected chi connectivity index (χ0v) is 9.59. The van der Waals surface area contributed by atoms with Crippen LogP contribution in [0, 0.1) is 0 Å². The van der Waals surface area contributed by atoms with Gasteiger partial charge < -0.3 is 10.1 Å². The number of ether oxygens (including phenoxy) is 1. The van der Waals surface area contributed by atoms with Gasteiger partial charge in [-0.15, -0.1) is 0 Å². The average molecular weight is 266 g/mol. The van der Waals surface area contributed by atoms with Gasteiger partial charge in [0.2, 0.25) is 5.91 Å². The highest BCUT2D eigenvalue weighted by molar-refractivity contribution is 9.09. The van der Waals surface area contributed by atoms with E-state index in [1.54, 1.807) is 6.92 Å². The number of carbonyl (C=O) groups is 3. The van der Waals surface area contributed by atoms with Crippen molar-refractivity contribution in [2.45, 2.75) is 19.9 Å². The first-order valence-corrected chi connectivity index (χ1v) is 5.17. The van der Waals surface area contributed by atoms with Crippen LogP contribution in [0.5, 0.6) is 0 Å². The molecule has 0 aliphatic rings. The van der Waals surface area contributed by atoms with E-state index in [-0.39, 0.29) is 11.9 Å². The normalized spacial score (nSPS) is 11.6. The maximum atomic E-state index is 11.2. The van der Waals surface area contributed by atoms with Gasteiger partial charge in [0, 0.05) is 6.92 Å². The van der Waals surface area contributed by atoms with Crippen LogP contribution >= 0.6 is 15.9 Å². The number of hydrogen-bond donors (Lipinski definition) is 1. The molecule has 0 aromatic heterocycles. The minimum atomic E-state index is -1.20. The van der Waals surface area contributed by atoms with Crippen LogP contribution in [0.2, 0.25) is 0 Å². The second-order valence-electron chi connectivity index (χ2n) is 2.49. The van der Waals surface area contributed by atoms with Gasteiger partial charge in [0.25, 0.3) is 0 Å². The quantitative estimate of drug-likeness (QED) is 0.432. The van der Waals surface area contributed by atoms with Crippen LogP contribution in [0.4, 0.5) is 0 Å². The summed E-state index contributed by atoms with van der Waals surface area (Å²) in [5.41, 5.74) is 0. The average Bonchev–Trinajstić information content (AvgIpc) is 2.13. The zero-order chi connectivity index (χ0) is 11.1. The molecule has 1 amide bonds. The highest BCUT2D eigenvalue weighted by atomic mass is 79.9. The van der Waals surface area contributed by atoms with Crippen molar-refractivity contribution in [1.29, 1.82) is 0 Å². The van der Waals surface area contributed by atoms with Crippen molar-refractivity contribution >= 4 is 33.6 Å². The molecule has 0 aromatic carbocycles. The molecular formula is C8H12BrNO4. The van der Waals surface area contributed by atoms with Crippen LogP contribution < -0.4 is 5.32 Å². The number of ketones is 1. The fourth-order valence-electron chi connectivity index (χ4n) is 0.777. The Bertz CT molecular complexity index is 241. The summed E-state index contributed by atoms with van der Waals surface area (Å²) < 4.78 is 4.63. The van der Waals surface area contributed by atoms with Crippen molar-refractivity contribution in [1.82, 2.24) is 5.32 Å². The third-order valence-corrected chi connectivity index (χ3v) is 1.88. The molecular weight excluding hydrogens is 254 g/mol. The molecule has 1 atom stereocenters. The number of amides is 1. The lowest BCUT2D eigenvalue weighted by molar-refractivity contribution is -0.149. The van der Waals surface area contributed by atoms with Crippen LogP contribution in [-0.4, -0.2) is 35.6 Å². The Labute approximate surface area is 90.3 Å². The fourth-order valence-corrected chi connectivity index (χ4v) is 1.10. The van der Waals surface area contributed by atoms with Gasteiger partial charge in [-0.2, -0.15) is 0 Å². The molecule has 1 unspecified atom stereocenters. The lowest BCUT2D eigenvalue weighted by atomic mass is 10.2. The van der Waals surface area contributed by atoms with E-state index in [0.717, 1.165) is 0 Å². The first kappa shape index (κ1) is 13.1. The van der Waals surface area contributed by atoms with E-state index in [1.165, 1.54) is 6.92 Å². The molecule has 0 rings (SSSR count). The molecule has 0 saturated carbocycles. The van der Waals surface area contributed by atoms with E-state index in [2.05, 4.69) is 26.0 Å². The maximum absolute atomic E-state index is 11.2. The zero-order valence-electron chi connectivity index (χ0n) is 8.00. The van der Waals surface area contributed by atoms with Gasteiger partial charge in [0.05, 0.1) is 11.9 Å². The van der Waals surface area contributed by atoms with E-state index < -0.39 is 23.7 Å². The van der Waals surface area contributed by atoms with E-state index in [0.29, 0.717) is 0 Å². The van der Waals surface area contributed by atoms with Gasteiger partial charge in [-0.25, -0.2) is 4.79 Å². The number of esters is 1. The smallest absolute Gasteiger partial charge is 0.336 e. The first-order chi connectivity index (χ1) is 6.52. The summed E-state index contributed by atoms with van der Waals surface area (Å²) in [6.07, 6.45) is 0. The molecule has 0 aromatic rings. The van der Waals surface area contributed by atoms with Crippen LogP contribution in [0.25, 0.3) is 0 Å². The molecule has 80 valence electrons. The van der Waals surface area contributed by atoms with E-state index in [1.807, 2.05) is 0 Å². The van der Waals surface area contributed by atoms with Crippen molar-refractivity contribution in [3.63, 3.8) is 0 Å². The summed E-state index contributed by atoms with van der Waals surface area (Å²) in [7, 11) is 0. The summed E-state index contributed by atoms with van der Waals surface area (Å²) in [5.74, 6) is -1.61. The van der Waals surface area contributed by atoms with Gasteiger partial charge in [-0.05, 0) is 6.92 Å². The third-order valence-electron chi connectivity index (χ3n) is 1.32. The maximum Gasteiger partial charge on any atom is 0.336 e. The molecule has 5 nitrogen and oxygen atoms in total. The van der Waals surface area contributed by atoms with Crippen molar-refractivity contribution in [3.05, 3.63) is 0 Å². The van der Waals surface area contributed by atoms with Crippen LogP contribution in [0.1, 0.15) is 13.8 Å². The molecule has 6 heteroatoms. The largest absolute Gasteiger partial charge is 0.464 e. The number of rotatable bonds is 5. The summed E-state index contributed by atoms with van der Waals surface area (Å²) in [6, 6.07) is -1.20. The number of alkyl halides is 1. The van der Waals surface area contributed by atoms with Crippen molar-refractivity contribution in [2.24, 2.45) is 0 Å². The van der Waals surface area contributed by atoms with E-state index in [4.69, 9.17) is 0 Å². The number of Topliss-reactive ketones (excluding diaryl/α,β-unsaturated/α-hetero) is 1. The van der Waals surface area contributed by atoms with Crippen molar-refractivity contribution in [2.75, 3.05) is 11.9 Å². The second-order valence-corrected chi connectivity index (χ2v) is 3.05. The molecule has 0 spiro atoms. The summed E-state index contributed by atoms with van der Waals surface area (Å²) in [6.45, 7) is 3.03. The van der Waals surface area contributed by atoms with Crippen molar-refractivity contribution < 1.29 is 19.1 Å². The second kappa shape index (κ2) is 6.53. The SMILES string of the molecule is CCOC(=O)C(NC(C)=O)C(=O)CBr. The summed E-state index contributed by atoms with van der Waals surface area (Å²) >= 11 is 2.92. The number of nitrogens with one attached hydrogen (secondary N) is 1. The van der Waals surface area contributed by atoms with Gasteiger partial charge in [0.15, 0.2) is 11.8 Å². The van der Waals surface area contributed by atoms with Crippen LogP contribution in [0.3, 0.4) is 0 Å². The van der Waals surface area contributed by atoms with Crippen molar-refractivity contribution in [3.8, 4) is 0 Å². The molecule has 0 heterocycles. The molecule has 1 N–H and O–H groups in total. The third kappa shape index (κ3) is 4.36. The Balaban J connectivity index is 4.45. The standard InChI is InChI=1S/C8H12BrNO4/c1-3-14-8(13)7(6(12)4-9)10-5(2)11/h7H,3-4H2,1-2H3,(H,10,11). The minimum absolute atomic E-state index is 0.00321. The predicted octanol–water partition coefficient (Wildman–Crippen LogP) is 0.0182. The van der Waals surface area contributed by atoms with Gasteiger partial charge in [0.1, 0.15) is 0 Å². The Morgan fingerprint density at radius 1 is 1.43 bits per heavy atom. The first-order valence-electron chi connectivity index (χ1n) is 4.05. The lowest BCUT2D eigenvalue weighted by Gasteiger charge is -2.13. The summed E-state index contributed by atoms with van der Waals surface area (Å²) in [5, 5.41) is 2.22. The monoisotopic (exact) mass is 265 g/mol. The van der Waals surface area contributed by atoms with E-state index >= 15 is 0 Å². The fraction of sp³-hybridized carbons (Fsp3) is 0.625. The summed E-state index contributed by atoms with van der Waals surface area (Å²) in [4.78, 5) is 33.1. The number of hydrogen-bond acceptors (Lipinski definition) is 4. The Kier molecular flexibility index (Phi) is 6.11. The lowest BCUT2D eigenvalue weighted by Crippen LogP contribution is -2.47. The van der Waals surface area contributed by atoms with Gasteiger partial charge in [-0.1, -0.05) is 15.9 Å². The van der Waals surface area contributed by atoms with E-state index in [9.17, 15) is 14.4 Å². The van der Waals surface area contributed by atoms with Gasteiger partial charge in [-0.3, -0.25) is 9.59 Å². The highest BCUT2D eigenvalue weighted by Gasteiger charge is 2.27. The Hall–Kier alpha value is -0.910. The molecule has 0 fully saturated rings. The molecule has 14 heavy (non-hydrogen) atoms. The number of halogens is 1. The molecule has 0 aliphatic heterocycles. The highest BCUT2D eigenvalue weighted by Crippen LogP contribution is 1.95. The predicted molar refractivity (Wildman–Crippen MR) is 53.0 cm³/mol. The van der Waals surface area contributed by atoms with Crippen LogP contribution in [-0.2, 0) is 19.1 Å². The van der Waals surface area contributed by atoms with Gasteiger partial charge >= 0.3 is 5.97 Å². The molecule has 0 saturated heterocycles. The molecule has 0 aliphatic carbocycles. The molecule has 0 bridgehead atoms.